The maximum absolute atomic E-state index is 10.5. The lowest BCUT2D eigenvalue weighted by Gasteiger charge is -2.53. The maximum atomic E-state index is 10.5. The standard InChI is InChI=1S/C19H31NO2/c1-15-9-6-7-10-17(15)22-14-16(21)13-20-18(2,3)11-8-12-19(20,4)5/h6-7,9-10,16,21H,8,11-14H2,1-5H3/t16-/m1/s1. The second kappa shape index (κ2) is 6.59. The number of para-hydroxylation sites is 1. The summed E-state index contributed by atoms with van der Waals surface area (Å²) in [7, 11) is 0. The van der Waals surface area contributed by atoms with Crippen molar-refractivity contribution in [2.45, 2.75) is 71.1 Å². The van der Waals surface area contributed by atoms with Gasteiger partial charge in [0.2, 0.25) is 0 Å². The number of nitrogens with zero attached hydrogens (tertiary/aromatic N) is 1. The van der Waals surface area contributed by atoms with Gasteiger partial charge in [0, 0.05) is 17.6 Å². The van der Waals surface area contributed by atoms with Gasteiger partial charge in [0.05, 0.1) is 0 Å². The van der Waals surface area contributed by atoms with E-state index in [1.165, 1.54) is 19.3 Å². The van der Waals surface area contributed by atoms with Crippen molar-refractivity contribution in [2.75, 3.05) is 13.2 Å². The van der Waals surface area contributed by atoms with E-state index in [9.17, 15) is 5.11 Å². The summed E-state index contributed by atoms with van der Waals surface area (Å²) < 4.78 is 5.80. The Morgan fingerprint density at radius 2 is 1.73 bits per heavy atom. The first-order valence-electron chi connectivity index (χ1n) is 8.37. The van der Waals surface area contributed by atoms with Gasteiger partial charge >= 0.3 is 0 Å². The Labute approximate surface area is 135 Å². The van der Waals surface area contributed by atoms with E-state index >= 15 is 0 Å². The summed E-state index contributed by atoms with van der Waals surface area (Å²) in [5.41, 5.74) is 1.37. The third kappa shape index (κ3) is 4.02. The molecule has 0 saturated carbocycles. The first kappa shape index (κ1) is 17.3. The lowest BCUT2D eigenvalue weighted by Crippen LogP contribution is -2.60. The largest absolute Gasteiger partial charge is 0.491 e. The Hall–Kier alpha value is -1.06. The van der Waals surface area contributed by atoms with Gasteiger partial charge in [-0.15, -0.1) is 0 Å². The summed E-state index contributed by atoms with van der Waals surface area (Å²) in [5.74, 6) is 0.860. The van der Waals surface area contributed by atoms with Gasteiger partial charge in [-0.05, 0) is 65.5 Å². The minimum Gasteiger partial charge on any atom is -0.491 e. The van der Waals surface area contributed by atoms with E-state index in [0.29, 0.717) is 13.2 Å². The Kier molecular flexibility index (Phi) is 5.18. The summed E-state index contributed by atoms with van der Waals surface area (Å²) in [6.07, 6.45) is 3.15. The summed E-state index contributed by atoms with van der Waals surface area (Å²) >= 11 is 0. The minimum atomic E-state index is -0.476. The number of hydrogen-bond donors (Lipinski definition) is 1. The van der Waals surface area contributed by atoms with Gasteiger partial charge in [-0.2, -0.15) is 0 Å². The Bertz CT molecular complexity index is 480. The number of aliphatic hydroxyl groups excluding tert-OH is 1. The second-order valence-electron chi connectivity index (χ2n) is 7.82. The van der Waals surface area contributed by atoms with Crippen molar-refractivity contribution in [3.63, 3.8) is 0 Å². The molecule has 1 fully saturated rings. The number of rotatable bonds is 5. The minimum absolute atomic E-state index is 0.130. The molecule has 0 bridgehead atoms. The number of likely N-dealkylation sites (tertiary alicyclic amines) is 1. The molecule has 0 unspecified atom stereocenters. The maximum Gasteiger partial charge on any atom is 0.122 e. The zero-order valence-corrected chi connectivity index (χ0v) is 14.7. The van der Waals surface area contributed by atoms with Crippen molar-refractivity contribution in [2.24, 2.45) is 0 Å². The molecule has 1 atom stereocenters. The molecule has 0 spiro atoms. The van der Waals surface area contributed by atoms with Crippen molar-refractivity contribution in [3.8, 4) is 5.75 Å². The van der Waals surface area contributed by atoms with E-state index < -0.39 is 6.10 Å². The van der Waals surface area contributed by atoms with Crippen molar-refractivity contribution in [1.82, 2.24) is 4.90 Å². The molecule has 1 N–H and O–H groups in total. The summed E-state index contributed by atoms with van der Waals surface area (Å²) in [4.78, 5) is 2.45. The lowest BCUT2D eigenvalue weighted by molar-refractivity contribution is -0.0607. The topological polar surface area (TPSA) is 32.7 Å². The molecule has 0 aromatic heterocycles. The highest BCUT2D eigenvalue weighted by molar-refractivity contribution is 5.31. The van der Waals surface area contributed by atoms with Crippen LogP contribution in [-0.4, -0.2) is 40.3 Å². The molecule has 0 aliphatic carbocycles. The number of β-amino-alcohol motifs (C(OH)–C–C–N with tert-alkyl or cyclic N) is 1. The lowest BCUT2D eigenvalue weighted by atomic mass is 9.79. The van der Waals surface area contributed by atoms with Crippen molar-refractivity contribution in [1.29, 1.82) is 0 Å². The highest BCUT2D eigenvalue weighted by atomic mass is 16.5. The molecule has 1 heterocycles. The van der Waals surface area contributed by atoms with Crippen LogP contribution < -0.4 is 4.74 Å². The van der Waals surface area contributed by atoms with Crippen LogP contribution in [0, 0.1) is 6.92 Å². The average Bonchev–Trinajstić information content (AvgIpc) is 2.42. The highest BCUT2D eigenvalue weighted by Crippen LogP contribution is 2.38. The van der Waals surface area contributed by atoms with Crippen LogP contribution in [0.25, 0.3) is 0 Å². The smallest absolute Gasteiger partial charge is 0.122 e. The predicted octanol–water partition coefficient (Wildman–Crippen LogP) is 3.78. The third-order valence-corrected chi connectivity index (χ3v) is 4.96. The summed E-state index contributed by atoms with van der Waals surface area (Å²) in [6, 6.07) is 7.94. The van der Waals surface area contributed by atoms with Crippen LogP contribution in [0.2, 0.25) is 0 Å². The molecule has 1 aliphatic rings. The quantitative estimate of drug-likeness (QED) is 0.898. The molecule has 0 radical (unpaired) electrons. The van der Waals surface area contributed by atoms with E-state index in [1.807, 2.05) is 31.2 Å². The number of hydrogen-bond acceptors (Lipinski definition) is 3. The fraction of sp³-hybridized carbons (Fsp3) is 0.684. The van der Waals surface area contributed by atoms with Crippen LogP contribution in [0.4, 0.5) is 0 Å². The van der Waals surface area contributed by atoms with Gasteiger partial charge in [0.1, 0.15) is 18.5 Å². The monoisotopic (exact) mass is 305 g/mol. The molecule has 1 aliphatic heterocycles. The van der Waals surface area contributed by atoms with Crippen molar-refractivity contribution >= 4 is 0 Å². The van der Waals surface area contributed by atoms with Crippen molar-refractivity contribution < 1.29 is 9.84 Å². The average molecular weight is 305 g/mol. The number of ether oxygens (including phenoxy) is 1. The Morgan fingerprint density at radius 1 is 1.14 bits per heavy atom. The normalized spacial score (nSPS) is 22.3. The highest BCUT2D eigenvalue weighted by Gasteiger charge is 2.41. The zero-order chi connectivity index (χ0) is 16.4. The van der Waals surface area contributed by atoms with E-state index in [-0.39, 0.29) is 11.1 Å². The van der Waals surface area contributed by atoms with Crippen LogP contribution in [-0.2, 0) is 0 Å². The van der Waals surface area contributed by atoms with Crippen LogP contribution in [0.5, 0.6) is 5.75 Å². The molecular weight excluding hydrogens is 274 g/mol. The van der Waals surface area contributed by atoms with E-state index in [4.69, 9.17) is 4.74 Å². The number of aryl methyl sites for hydroxylation is 1. The van der Waals surface area contributed by atoms with Crippen LogP contribution in [0.15, 0.2) is 24.3 Å². The SMILES string of the molecule is Cc1ccccc1OC[C@H](O)CN1C(C)(C)CCCC1(C)C. The van der Waals surface area contributed by atoms with Gasteiger partial charge in [0.25, 0.3) is 0 Å². The zero-order valence-electron chi connectivity index (χ0n) is 14.7. The summed E-state index contributed by atoms with van der Waals surface area (Å²) in [6.45, 7) is 12.1. The Morgan fingerprint density at radius 3 is 2.32 bits per heavy atom. The first-order valence-corrected chi connectivity index (χ1v) is 8.37. The molecule has 0 amide bonds. The van der Waals surface area contributed by atoms with Crippen LogP contribution >= 0.6 is 0 Å². The molecule has 2 rings (SSSR count). The molecule has 1 aromatic carbocycles. The van der Waals surface area contributed by atoms with Gasteiger partial charge in [-0.25, -0.2) is 0 Å². The molecule has 1 aromatic rings. The third-order valence-electron chi connectivity index (χ3n) is 4.96. The number of piperidine rings is 1. The van der Waals surface area contributed by atoms with E-state index in [2.05, 4.69) is 32.6 Å². The van der Waals surface area contributed by atoms with Gasteiger partial charge in [-0.3, -0.25) is 4.90 Å². The molecule has 3 heteroatoms. The fourth-order valence-electron chi connectivity index (χ4n) is 3.70. The Balaban J connectivity index is 1.95. The second-order valence-corrected chi connectivity index (χ2v) is 7.82. The van der Waals surface area contributed by atoms with E-state index in [0.717, 1.165) is 11.3 Å². The van der Waals surface area contributed by atoms with E-state index in [1.54, 1.807) is 0 Å². The molecule has 3 nitrogen and oxygen atoms in total. The first-order chi connectivity index (χ1) is 10.2. The van der Waals surface area contributed by atoms with Crippen molar-refractivity contribution in [3.05, 3.63) is 29.8 Å². The molecule has 1 saturated heterocycles. The summed E-state index contributed by atoms with van der Waals surface area (Å²) in [5, 5.41) is 10.5. The van der Waals surface area contributed by atoms with Gasteiger partial charge in [0.15, 0.2) is 0 Å². The van der Waals surface area contributed by atoms with Gasteiger partial charge < -0.3 is 9.84 Å². The predicted molar refractivity (Wildman–Crippen MR) is 91.4 cm³/mol. The number of aliphatic hydroxyl groups is 1. The van der Waals surface area contributed by atoms with Crippen LogP contribution in [0.1, 0.15) is 52.5 Å². The van der Waals surface area contributed by atoms with Gasteiger partial charge in [-0.1, -0.05) is 18.2 Å². The molecular formula is C19H31NO2. The van der Waals surface area contributed by atoms with Crippen LogP contribution in [0.3, 0.4) is 0 Å². The number of benzene rings is 1. The molecule has 124 valence electrons. The fourth-order valence-corrected chi connectivity index (χ4v) is 3.70. The molecule has 22 heavy (non-hydrogen) atoms.